The summed E-state index contributed by atoms with van der Waals surface area (Å²) in [6.45, 7) is -0.151. The Morgan fingerprint density at radius 3 is 2.56 bits per heavy atom. The van der Waals surface area contributed by atoms with Crippen LogP contribution < -0.4 is 9.47 Å². The van der Waals surface area contributed by atoms with E-state index in [1.165, 1.54) is 13.2 Å². The smallest absolute Gasteiger partial charge is 0.387 e. The molecular weight excluding hydrogens is 444 g/mol. The molecule has 34 heavy (non-hydrogen) atoms. The number of methoxy groups -OCH3 is 1. The Morgan fingerprint density at radius 1 is 1.18 bits per heavy atom. The third kappa shape index (κ3) is 4.22. The lowest BCUT2D eigenvalue weighted by atomic mass is 9.92. The minimum absolute atomic E-state index is 0.0505. The largest absolute Gasteiger partial charge is 0.496 e. The minimum Gasteiger partial charge on any atom is -0.496 e. The van der Waals surface area contributed by atoms with Gasteiger partial charge < -0.3 is 14.4 Å². The molecule has 1 saturated heterocycles. The predicted molar refractivity (Wildman–Crippen MR) is 120 cm³/mol. The number of hydrogen-bond acceptors (Lipinski definition) is 5. The van der Waals surface area contributed by atoms with E-state index in [4.69, 9.17) is 9.47 Å². The minimum atomic E-state index is -3.07. The first-order valence-electron chi connectivity index (χ1n) is 11.3. The Bertz CT molecular complexity index is 1260. The van der Waals surface area contributed by atoms with Crippen molar-refractivity contribution in [1.29, 1.82) is 0 Å². The lowest BCUT2D eigenvalue weighted by molar-refractivity contribution is -0.133. The van der Waals surface area contributed by atoms with Crippen LogP contribution in [-0.4, -0.2) is 52.8 Å². The number of pyridine rings is 1. The molecule has 0 unspecified atom stereocenters. The summed E-state index contributed by atoms with van der Waals surface area (Å²) >= 11 is 0. The van der Waals surface area contributed by atoms with Gasteiger partial charge in [0.1, 0.15) is 22.7 Å². The second-order valence-corrected chi connectivity index (χ2v) is 8.95. The van der Waals surface area contributed by atoms with Gasteiger partial charge in [-0.1, -0.05) is 0 Å². The molecule has 0 atom stereocenters. The first-order chi connectivity index (χ1) is 16.3. The van der Waals surface area contributed by atoms with Crippen molar-refractivity contribution in [3.63, 3.8) is 0 Å². The van der Waals surface area contributed by atoms with E-state index in [0.29, 0.717) is 35.9 Å². The maximum atomic E-state index is 13.2. The van der Waals surface area contributed by atoms with Gasteiger partial charge in [0.15, 0.2) is 5.78 Å². The summed E-state index contributed by atoms with van der Waals surface area (Å²) in [4.78, 5) is 30.6. The number of alkyl halides is 2. The van der Waals surface area contributed by atoms with Crippen LogP contribution in [0.2, 0.25) is 0 Å². The zero-order valence-electron chi connectivity index (χ0n) is 19.0. The van der Waals surface area contributed by atoms with Crippen molar-refractivity contribution in [2.75, 3.05) is 20.2 Å². The molecule has 0 bridgehead atoms. The molecule has 2 aliphatic rings. The van der Waals surface area contributed by atoms with Gasteiger partial charge in [0.25, 0.3) is 0 Å². The molecule has 178 valence electrons. The van der Waals surface area contributed by atoms with Gasteiger partial charge in [-0.15, -0.1) is 0 Å². The molecule has 5 rings (SSSR count). The number of likely N-dealkylation sites (tertiary alicyclic amines) is 1. The molecule has 9 heteroatoms. The normalized spacial score (nSPS) is 16.1. The van der Waals surface area contributed by atoms with Gasteiger partial charge in [0, 0.05) is 44.1 Å². The summed E-state index contributed by atoms with van der Waals surface area (Å²) in [5.41, 5.74) is 3.02. The SMILES string of the molecule is COc1cc(-c2cnc3cc(C4CN(C(C)=O)C4)ccn23)cc(OC(F)F)c1C(=O)CC1CC1. The van der Waals surface area contributed by atoms with Crippen LogP contribution in [0.25, 0.3) is 16.9 Å². The van der Waals surface area contributed by atoms with Gasteiger partial charge >= 0.3 is 6.61 Å². The molecule has 1 aliphatic heterocycles. The van der Waals surface area contributed by atoms with Gasteiger partial charge in [-0.2, -0.15) is 8.78 Å². The van der Waals surface area contributed by atoms with E-state index in [2.05, 4.69) is 4.98 Å². The molecule has 0 N–H and O–H groups in total. The molecule has 3 aromatic rings. The summed E-state index contributed by atoms with van der Waals surface area (Å²) in [6.07, 6.45) is 5.74. The highest BCUT2D eigenvalue weighted by Gasteiger charge is 2.31. The first kappa shape index (κ1) is 22.3. The molecule has 2 aromatic heterocycles. The van der Waals surface area contributed by atoms with Crippen molar-refractivity contribution in [1.82, 2.24) is 14.3 Å². The fourth-order valence-corrected chi connectivity index (χ4v) is 4.46. The Kier molecular flexibility index (Phi) is 5.71. The zero-order valence-corrected chi connectivity index (χ0v) is 19.0. The number of Topliss-reactive ketones (excluding diaryl/α,β-unsaturated/α-hetero) is 1. The molecular formula is C25H25F2N3O4. The summed E-state index contributed by atoms with van der Waals surface area (Å²) in [5.74, 6) is 0.364. The van der Waals surface area contributed by atoms with Gasteiger partial charge in [-0.05, 0) is 48.6 Å². The quantitative estimate of drug-likeness (QED) is 0.453. The number of amides is 1. The third-order valence-electron chi connectivity index (χ3n) is 6.58. The summed E-state index contributed by atoms with van der Waals surface area (Å²) < 4.78 is 38.5. The fraction of sp³-hybridized carbons (Fsp3) is 0.400. The number of benzene rings is 1. The Hall–Kier alpha value is -3.49. The number of halogens is 2. The van der Waals surface area contributed by atoms with Gasteiger partial charge in [0.05, 0.1) is 19.0 Å². The number of aromatic nitrogens is 2. The van der Waals surface area contributed by atoms with Crippen molar-refractivity contribution >= 4 is 17.3 Å². The highest BCUT2D eigenvalue weighted by Crippen LogP contribution is 2.40. The zero-order chi connectivity index (χ0) is 24.0. The van der Waals surface area contributed by atoms with E-state index < -0.39 is 6.61 Å². The van der Waals surface area contributed by atoms with Crippen molar-refractivity contribution in [2.45, 2.75) is 38.7 Å². The maximum Gasteiger partial charge on any atom is 0.387 e. The second-order valence-electron chi connectivity index (χ2n) is 8.95. The highest BCUT2D eigenvalue weighted by atomic mass is 19.3. The van der Waals surface area contributed by atoms with Crippen LogP contribution in [0.1, 0.15) is 48.0 Å². The number of ether oxygens (including phenoxy) is 2. The second kappa shape index (κ2) is 8.70. The number of hydrogen-bond donors (Lipinski definition) is 0. The van der Waals surface area contributed by atoms with Crippen LogP contribution in [0, 0.1) is 5.92 Å². The van der Waals surface area contributed by atoms with Crippen LogP contribution in [0.5, 0.6) is 11.5 Å². The summed E-state index contributed by atoms with van der Waals surface area (Å²) in [6, 6.07) is 7.05. The van der Waals surface area contributed by atoms with E-state index in [1.54, 1.807) is 24.1 Å². The van der Waals surface area contributed by atoms with Crippen molar-refractivity contribution in [3.8, 4) is 22.8 Å². The molecule has 1 amide bonds. The molecule has 0 radical (unpaired) electrons. The monoisotopic (exact) mass is 469 g/mol. The molecule has 1 aromatic carbocycles. The number of imidazole rings is 1. The van der Waals surface area contributed by atoms with E-state index >= 15 is 0 Å². The maximum absolute atomic E-state index is 13.2. The number of nitrogens with zero attached hydrogens (tertiary/aromatic N) is 3. The molecule has 7 nitrogen and oxygen atoms in total. The Morgan fingerprint density at radius 2 is 1.91 bits per heavy atom. The van der Waals surface area contributed by atoms with E-state index in [9.17, 15) is 18.4 Å². The summed E-state index contributed by atoms with van der Waals surface area (Å²) in [7, 11) is 1.41. The van der Waals surface area contributed by atoms with Crippen LogP contribution >= 0.6 is 0 Å². The van der Waals surface area contributed by atoms with Crippen molar-refractivity contribution < 1.29 is 27.8 Å². The molecule has 1 saturated carbocycles. The van der Waals surface area contributed by atoms with E-state index in [0.717, 1.165) is 18.4 Å². The number of carbonyl (C=O) groups excluding carboxylic acids is 2. The number of carbonyl (C=O) groups is 2. The Labute approximate surface area is 195 Å². The van der Waals surface area contributed by atoms with Crippen molar-refractivity contribution in [3.05, 3.63) is 47.8 Å². The fourth-order valence-electron chi connectivity index (χ4n) is 4.46. The standard InChI is InChI=1S/C25H25F2N3O4/c1-14(31)29-12-18(13-29)16-5-6-30-19(11-28-23(30)10-16)17-8-21(33-2)24(20(32)7-15-3-4-15)22(9-17)34-25(26)27/h5-6,8-11,15,18,25H,3-4,7,12-13H2,1-2H3. The predicted octanol–water partition coefficient (Wildman–Crippen LogP) is 4.54. The van der Waals surface area contributed by atoms with E-state index in [-0.39, 0.29) is 41.1 Å². The lowest BCUT2D eigenvalue weighted by Crippen LogP contribution is -2.47. The summed E-state index contributed by atoms with van der Waals surface area (Å²) in [5, 5.41) is 0. The molecule has 0 spiro atoms. The van der Waals surface area contributed by atoms with Crippen LogP contribution in [-0.2, 0) is 4.79 Å². The van der Waals surface area contributed by atoms with Crippen LogP contribution in [0.3, 0.4) is 0 Å². The number of fused-ring (bicyclic) bond motifs is 1. The van der Waals surface area contributed by atoms with Gasteiger partial charge in [0.2, 0.25) is 5.91 Å². The van der Waals surface area contributed by atoms with Crippen molar-refractivity contribution in [2.24, 2.45) is 5.92 Å². The van der Waals surface area contributed by atoms with Gasteiger partial charge in [-0.25, -0.2) is 4.98 Å². The number of ketones is 1. The topological polar surface area (TPSA) is 73.1 Å². The number of rotatable bonds is 8. The van der Waals surface area contributed by atoms with Crippen LogP contribution in [0.15, 0.2) is 36.7 Å². The molecule has 1 aliphatic carbocycles. The first-order valence-corrected chi connectivity index (χ1v) is 11.3. The molecule has 3 heterocycles. The van der Waals surface area contributed by atoms with Crippen LogP contribution in [0.4, 0.5) is 8.78 Å². The highest BCUT2D eigenvalue weighted by molar-refractivity contribution is 6.02. The Balaban J connectivity index is 1.50. The third-order valence-corrected chi connectivity index (χ3v) is 6.58. The average molecular weight is 469 g/mol. The average Bonchev–Trinajstić information content (AvgIpc) is 3.46. The van der Waals surface area contributed by atoms with E-state index in [1.807, 2.05) is 22.7 Å². The lowest BCUT2D eigenvalue weighted by Gasteiger charge is -2.38. The molecule has 2 fully saturated rings. The van der Waals surface area contributed by atoms with Gasteiger partial charge in [-0.3, -0.25) is 14.0 Å².